The number of hydrogen-bond acceptors (Lipinski definition) is 4. The summed E-state index contributed by atoms with van der Waals surface area (Å²) in [5.74, 6) is 0.457. The molecule has 7 heteroatoms. The first kappa shape index (κ1) is 21.5. The predicted octanol–water partition coefficient (Wildman–Crippen LogP) is 5.89. The van der Waals surface area contributed by atoms with E-state index < -0.39 is 13.3 Å². The fraction of sp³-hybridized carbons (Fsp3) is 0.174. The van der Waals surface area contributed by atoms with Crippen molar-refractivity contribution in [2.24, 2.45) is 0 Å². The van der Waals surface area contributed by atoms with Crippen molar-refractivity contribution in [1.29, 1.82) is 0 Å². The number of carbonyl (C=O) groups is 1. The van der Waals surface area contributed by atoms with E-state index >= 15 is 0 Å². The average molecular weight is 424 g/mol. The standard InChI is InChI=1S/C23H25N2O4P/c1-23(2,3)24-22(26)20-16-10-11-17-21(20)25-30(27,28-18-12-6-4-7-13-18)29-19-14-8-5-9-15-19/h4-17H,1-3H3,(H,24,26)(H,25,27). The molecule has 1 amide bonds. The first-order chi connectivity index (χ1) is 14.2. The summed E-state index contributed by atoms with van der Waals surface area (Å²) in [6.45, 7) is 5.68. The number of nitrogens with one attached hydrogen (secondary N) is 2. The summed E-state index contributed by atoms with van der Waals surface area (Å²) in [4.78, 5) is 12.8. The summed E-state index contributed by atoms with van der Waals surface area (Å²) < 4.78 is 25.2. The third-order valence-corrected chi connectivity index (χ3v) is 5.27. The van der Waals surface area contributed by atoms with Crippen LogP contribution in [0.3, 0.4) is 0 Å². The van der Waals surface area contributed by atoms with Crippen LogP contribution in [-0.2, 0) is 4.57 Å². The monoisotopic (exact) mass is 424 g/mol. The van der Waals surface area contributed by atoms with Gasteiger partial charge in [-0.1, -0.05) is 48.5 Å². The lowest BCUT2D eigenvalue weighted by Crippen LogP contribution is -2.40. The topological polar surface area (TPSA) is 76.7 Å². The molecule has 0 radical (unpaired) electrons. The zero-order chi connectivity index (χ0) is 21.6. The lowest BCUT2D eigenvalue weighted by Gasteiger charge is -2.24. The quantitative estimate of drug-likeness (QED) is 0.462. The summed E-state index contributed by atoms with van der Waals surface area (Å²) in [6.07, 6.45) is 0. The van der Waals surface area contributed by atoms with Crippen molar-refractivity contribution in [2.45, 2.75) is 26.3 Å². The smallest absolute Gasteiger partial charge is 0.400 e. The Balaban J connectivity index is 1.93. The Morgan fingerprint density at radius 2 is 1.23 bits per heavy atom. The molecule has 0 bridgehead atoms. The van der Waals surface area contributed by atoms with E-state index in [0.29, 0.717) is 22.7 Å². The molecule has 3 rings (SSSR count). The van der Waals surface area contributed by atoms with Crippen LogP contribution in [0.5, 0.6) is 11.5 Å². The molecule has 0 heterocycles. The van der Waals surface area contributed by atoms with Gasteiger partial charge >= 0.3 is 7.75 Å². The van der Waals surface area contributed by atoms with Gasteiger partial charge in [-0.15, -0.1) is 0 Å². The number of benzene rings is 3. The van der Waals surface area contributed by atoms with Gasteiger partial charge in [0, 0.05) is 5.54 Å². The van der Waals surface area contributed by atoms with Crippen molar-refractivity contribution < 1.29 is 18.4 Å². The molecule has 0 aliphatic rings. The molecule has 3 aromatic rings. The van der Waals surface area contributed by atoms with E-state index in [4.69, 9.17) is 9.05 Å². The van der Waals surface area contributed by atoms with Crippen LogP contribution in [-0.4, -0.2) is 11.4 Å². The van der Waals surface area contributed by atoms with Gasteiger partial charge < -0.3 is 14.4 Å². The van der Waals surface area contributed by atoms with Crippen LogP contribution in [0.25, 0.3) is 0 Å². The first-order valence-electron chi connectivity index (χ1n) is 9.53. The molecule has 6 nitrogen and oxygen atoms in total. The van der Waals surface area contributed by atoms with Crippen molar-refractivity contribution >= 4 is 19.3 Å². The summed E-state index contributed by atoms with van der Waals surface area (Å²) >= 11 is 0. The van der Waals surface area contributed by atoms with E-state index in [-0.39, 0.29) is 5.91 Å². The summed E-state index contributed by atoms with van der Waals surface area (Å²) in [5.41, 5.74) is 0.255. The Bertz CT molecular complexity index is 988. The van der Waals surface area contributed by atoms with Crippen molar-refractivity contribution in [1.82, 2.24) is 5.32 Å². The van der Waals surface area contributed by atoms with Crippen molar-refractivity contribution in [3.8, 4) is 11.5 Å². The van der Waals surface area contributed by atoms with Crippen molar-refractivity contribution in [3.63, 3.8) is 0 Å². The molecule has 0 aliphatic heterocycles. The van der Waals surface area contributed by atoms with Crippen LogP contribution in [0, 0.1) is 0 Å². The fourth-order valence-electron chi connectivity index (χ4n) is 2.64. The van der Waals surface area contributed by atoms with Gasteiger partial charge in [0.15, 0.2) is 0 Å². The number of rotatable bonds is 7. The summed E-state index contributed by atoms with van der Waals surface area (Å²) in [6, 6.07) is 24.3. The zero-order valence-electron chi connectivity index (χ0n) is 17.2. The minimum absolute atomic E-state index is 0.295. The Morgan fingerprint density at radius 3 is 1.73 bits per heavy atom. The van der Waals surface area contributed by atoms with Gasteiger partial charge in [0.05, 0.1) is 11.3 Å². The van der Waals surface area contributed by atoms with Gasteiger partial charge in [0.1, 0.15) is 11.5 Å². The Kier molecular flexibility index (Phi) is 6.48. The molecular formula is C23H25N2O4P. The van der Waals surface area contributed by atoms with E-state index in [2.05, 4.69) is 10.4 Å². The Labute approximate surface area is 176 Å². The third kappa shape index (κ3) is 6.13. The molecular weight excluding hydrogens is 399 g/mol. The first-order valence-corrected chi connectivity index (χ1v) is 11.1. The average Bonchev–Trinajstić information content (AvgIpc) is 2.68. The van der Waals surface area contributed by atoms with Gasteiger partial charge in [-0.3, -0.25) is 9.88 Å². The van der Waals surface area contributed by atoms with Gasteiger partial charge in [-0.05, 0) is 57.2 Å². The van der Waals surface area contributed by atoms with Gasteiger partial charge in [-0.25, -0.2) is 4.57 Å². The lowest BCUT2D eigenvalue weighted by atomic mass is 10.1. The van der Waals surface area contributed by atoms with Crippen LogP contribution >= 0.6 is 7.75 Å². The highest BCUT2D eigenvalue weighted by Crippen LogP contribution is 2.48. The summed E-state index contributed by atoms with van der Waals surface area (Å²) in [7, 11) is -3.93. The van der Waals surface area contributed by atoms with E-state index in [1.807, 2.05) is 32.9 Å². The number of anilines is 1. The van der Waals surface area contributed by atoms with E-state index in [9.17, 15) is 9.36 Å². The number of carbonyl (C=O) groups excluding carboxylic acids is 1. The second kappa shape index (κ2) is 9.06. The molecule has 3 aromatic carbocycles. The van der Waals surface area contributed by atoms with E-state index in [1.54, 1.807) is 72.8 Å². The molecule has 30 heavy (non-hydrogen) atoms. The molecule has 0 aromatic heterocycles. The summed E-state index contributed by atoms with van der Waals surface area (Å²) in [5, 5.41) is 5.75. The van der Waals surface area contributed by atoms with Crippen molar-refractivity contribution in [2.75, 3.05) is 5.09 Å². The molecule has 0 atom stereocenters. The SMILES string of the molecule is CC(C)(C)NC(=O)c1ccccc1NP(=O)(Oc1ccccc1)Oc1ccccc1. The van der Waals surface area contributed by atoms with Crippen LogP contribution in [0.4, 0.5) is 5.69 Å². The van der Waals surface area contributed by atoms with Crippen LogP contribution < -0.4 is 19.5 Å². The highest BCUT2D eigenvalue weighted by atomic mass is 31.2. The molecule has 0 aliphatic carbocycles. The second-order valence-corrected chi connectivity index (χ2v) is 9.25. The van der Waals surface area contributed by atoms with E-state index in [0.717, 1.165) is 0 Å². The maximum Gasteiger partial charge on any atom is 0.541 e. The molecule has 0 spiro atoms. The number of hydrogen-bond donors (Lipinski definition) is 2. The van der Waals surface area contributed by atoms with E-state index in [1.165, 1.54) is 0 Å². The minimum atomic E-state index is -3.93. The third-order valence-electron chi connectivity index (χ3n) is 3.86. The minimum Gasteiger partial charge on any atom is -0.400 e. The number of para-hydroxylation sites is 3. The molecule has 0 saturated heterocycles. The van der Waals surface area contributed by atoms with Crippen LogP contribution in [0.15, 0.2) is 84.9 Å². The van der Waals surface area contributed by atoms with Gasteiger partial charge in [-0.2, -0.15) is 0 Å². The Hall–Kier alpha value is -3.24. The zero-order valence-corrected chi connectivity index (χ0v) is 18.1. The van der Waals surface area contributed by atoms with Gasteiger partial charge in [0.25, 0.3) is 5.91 Å². The molecule has 0 saturated carbocycles. The lowest BCUT2D eigenvalue weighted by molar-refractivity contribution is 0.0920. The van der Waals surface area contributed by atoms with Crippen LogP contribution in [0.1, 0.15) is 31.1 Å². The molecule has 0 unspecified atom stereocenters. The molecule has 2 N–H and O–H groups in total. The van der Waals surface area contributed by atoms with Gasteiger partial charge in [0.2, 0.25) is 0 Å². The Morgan fingerprint density at radius 1 is 0.767 bits per heavy atom. The van der Waals surface area contributed by atoms with Crippen molar-refractivity contribution in [3.05, 3.63) is 90.5 Å². The predicted molar refractivity (Wildman–Crippen MR) is 119 cm³/mol. The molecule has 156 valence electrons. The molecule has 0 fully saturated rings. The maximum absolute atomic E-state index is 13.7. The highest BCUT2D eigenvalue weighted by molar-refractivity contribution is 7.56. The second-order valence-electron chi connectivity index (χ2n) is 7.67. The highest BCUT2D eigenvalue weighted by Gasteiger charge is 2.31. The largest absolute Gasteiger partial charge is 0.541 e. The normalized spacial score (nSPS) is 11.4. The fourth-order valence-corrected chi connectivity index (χ4v) is 4.06. The van der Waals surface area contributed by atoms with Crippen LogP contribution in [0.2, 0.25) is 0 Å². The maximum atomic E-state index is 13.7. The number of amides is 1.